The van der Waals surface area contributed by atoms with Gasteiger partial charge in [0, 0.05) is 22.4 Å². The lowest BCUT2D eigenvalue weighted by molar-refractivity contribution is -0.936. The van der Waals surface area contributed by atoms with E-state index in [0.717, 1.165) is 33.5 Å². The third-order valence-electron chi connectivity index (χ3n) is 5.18. The lowest BCUT2D eigenvalue weighted by atomic mass is 9.89. The van der Waals surface area contributed by atoms with Gasteiger partial charge in [-0.1, -0.05) is 48.9 Å². The first kappa shape index (κ1) is 17.8. The van der Waals surface area contributed by atoms with Crippen LogP contribution in [0.1, 0.15) is 42.6 Å². The Hall–Kier alpha value is -1.63. The highest BCUT2D eigenvalue weighted by Crippen LogP contribution is 2.36. The van der Waals surface area contributed by atoms with Crippen LogP contribution in [0.25, 0.3) is 4.96 Å². The number of fused-ring (bicyclic) bond motifs is 1. The molecule has 3 heterocycles. The fraction of sp³-hybridized carbons (Fsp3) is 0.474. The summed E-state index contributed by atoms with van der Waals surface area (Å²) in [5, 5.41) is 15.9. The molecule has 4 rings (SSSR count). The highest BCUT2D eigenvalue weighted by Gasteiger charge is 2.37. The molecule has 1 aromatic carbocycles. The topological polar surface area (TPSA) is 54.9 Å². The van der Waals surface area contributed by atoms with Crippen LogP contribution in [0.4, 0.5) is 0 Å². The van der Waals surface area contributed by atoms with E-state index in [1.165, 1.54) is 22.7 Å². The van der Waals surface area contributed by atoms with Gasteiger partial charge < -0.3 is 10.0 Å². The lowest BCUT2D eigenvalue weighted by Gasteiger charge is -2.37. The first-order chi connectivity index (χ1) is 12.4. The fourth-order valence-electron chi connectivity index (χ4n) is 4.36. The van der Waals surface area contributed by atoms with Gasteiger partial charge in [0.25, 0.3) is 0 Å². The zero-order chi connectivity index (χ0) is 18.4. The van der Waals surface area contributed by atoms with Crippen molar-refractivity contribution in [1.29, 1.82) is 0 Å². The first-order valence-corrected chi connectivity index (χ1v) is 10.3. The van der Waals surface area contributed by atoms with Crippen LogP contribution in [0, 0.1) is 18.8 Å². The second-order valence-electron chi connectivity index (χ2n) is 7.64. The van der Waals surface area contributed by atoms with E-state index in [1.54, 1.807) is 4.52 Å². The summed E-state index contributed by atoms with van der Waals surface area (Å²) in [5.74, 6) is 2.18. The third-order valence-corrected chi connectivity index (χ3v) is 6.50. The Morgan fingerprint density at radius 3 is 2.69 bits per heavy atom. The molecular formula is C19H24ClN4OS+. The van der Waals surface area contributed by atoms with Crippen LogP contribution >= 0.6 is 22.9 Å². The Balaban J connectivity index is 1.84. The number of rotatable bonds is 3. The highest BCUT2D eigenvalue weighted by molar-refractivity contribution is 7.17. The number of hydrogen-bond acceptors (Lipinski definition) is 4. The van der Waals surface area contributed by atoms with Gasteiger partial charge in [-0.3, -0.25) is 0 Å². The zero-order valence-corrected chi connectivity index (χ0v) is 16.8. The molecule has 4 atom stereocenters. The lowest BCUT2D eigenvalue weighted by Crippen LogP contribution is -3.14. The number of thiazole rings is 1. The molecule has 5 nitrogen and oxygen atoms in total. The average Bonchev–Trinajstić information content (AvgIpc) is 3.05. The zero-order valence-electron chi connectivity index (χ0n) is 15.2. The van der Waals surface area contributed by atoms with Gasteiger partial charge in [-0.25, -0.2) is 4.98 Å². The summed E-state index contributed by atoms with van der Waals surface area (Å²) in [6.45, 7) is 8.63. The molecule has 0 aliphatic carbocycles. The number of nitrogens with one attached hydrogen (secondary N) is 1. The molecule has 7 heteroatoms. The van der Waals surface area contributed by atoms with E-state index in [2.05, 4.69) is 30.0 Å². The van der Waals surface area contributed by atoms with Crippen molar-refractivity contribution in [3.63, 3.8) is 0 Å². The summed E-state index contributed by atoms with van der Waals surface area (Å²) in [6, 6.07) is 8.04. The number of piperidine rings is 1. The number of hydrogen-bond donors (Lipinski definition) is 2. The first-order valence-electron chi connectivity index (χ1n) is 9.07. The minimum Gasteiger partial charge on any atom is -0.492 e. The molecule has 2 N–H and O–H groups in total. The van der Waals surface area contributed by atoms with Gasteiger partial charge in [0.1, 0.15) is 10.7 Å². The number of likely N-dealkylation sites (tertiary alicyclic amines) is 1. The van der Waals surface area contributed by atoms with E-state index < -0.39 is 0 Å². The van der Waals surface area contributed by atoms with Crippen LogP contribution in [0.2, 0.25) is 5.02 Å². The molecule has 1 aliphatic rings. The predicted octanol–water partition coefficient (Wildman–Crippen LogP) is 3.11. The average molecular weight is 392 g/mol. The molecule has 1 unspecified atom stereocenters. The number of benzene rings is 1. The maximum atomic E-state index is 10.9. The molecule has 2 aromatic heterocycles. The maximum absolute atomic E-state index is 10.9. The Labute approximate surface area is 162 Å². The maximum Gasteiger partial charge on any atom is 0.235 e. The van der Waals surface area contributed by atoms with E-state index in [1.807, 2.05) is 25.1 Å². The number of aromatic nitrogens is 3. The molecule has 0 amide bonds. The van der Waals surface area contributed by atoms with Crippen molar-refractivity contribution in [3.05, 3.63) is 45.6 Å². The number of nitrogens with zero attached hydrogens (tertiary/aromatic N) is 3. The summed E-state index contributed by atoms with van der Waals surface area (Å²) in [6.07, 6.45) is 1.26. The van der Waals surface area contributed by atoms with Crippen LogP contribution < -0.4 is 4.90 Å². The van der Waals surface area contributed by atoms with Gasteiger partial charge in [-0.05, 0) is 25.5 Å². The van der Waals surface area contributed by atoms with Crippen LogP contribution in [0.5, 0.6) is 5.88 Å². The summed E-state index contributed by atoms with van der Waals surface area (Å²) in [4.78, 5) is 7.56. The van der Waals surface area contributed by atoms with E-state index >= 15 is 0 Å². The normalized spacial score (nSPS) is 24.8. The molecule has 1 fully saturated rings. The smallest absolute Gasteiger partial charge is 0.235 e. The fourth-order valence-corrected chi connectivity index (χ4v) is 5.75. The number of quaternary nitrogens is 1. The van der Waals surface area contributed by atoms with Crippen molar-refractivity contribution in [2.45, 2.75) is 33.2 Å². The summed E-state index contributed by atoms with van der Waals surface area (Å²) >= 11 is 7.82. The molecular weight excluding hydrogens is 368 g/mol. The number of aromatic hydroxyl groups is 1. The Morgan fingerprint density at radius 2 is 2.04 bits per heavy atom. The van der Waals surface area contributed by atoms with Gasteiger partial charge in [0.05, 0.1) is 13.1 Å². The molecule has 0 bridgehead atoms. The monoisotopic (exact) mass is 391 g/mol. The van der Waals surface area contributed by atoms with E-state index in [9.17, 15) is 5.11 Å². The van der Waals surface area contributed by atoms with E-state index in [0.29, 0.717) is 17.7 Å². The molecule has 1 saturated heterocycles. The van der Waals surface area contributed by atoms with Gasteiger partial charge >= 0.3 is 0 Å². The van der Waals surface area contributed by atoms with Crippen molar-refractivity contribution in [1.82, 2.24) is 14.6 Å². The van der Waals surface area contributed by atoms with Crippen LogP contribution in [-0.4, -0.2) is 32.8 Å². The van der Waals surface area contributed by atoms with Gasteiger partial charge in [-0.15, -0.1) is 5.10 Å². The number of aryl methyl sites for hydroxylation is 1. The largest absolute Gasteiger partial charge is 0.492 e. The van der Waals surface area contributed by atoms with Crippen LogP contribution in [0.15, 0.2) is 24.3 Å². The molecule has 0 radical (unpaired) electrons. The Morgan fingerprint density at radius 1 is 1.31 bits per heavy atom. The summed E-state index contributed by atoms with van der Waals surface area (Å²) < 4.78 is 1.56. The Bertz CT molecular complexity index is 927. The quantitative estimate of drug-likeness (QED) is 0.721. The van der Waals surface area contributed by atoms with Crippen molar-refractivity contribution < 1.29 is 10.0 Å². The highest BCUT2D eigenvalue weighted by atomic mass is 35.5. The minimum absolute atomic E-state index is 0.0349. The van der Waals surface area contributed by atoms with Gasteiger partial charge in [0.15, 0.2) is 6.04 Å². The summed E-state index contributed by atoms with van der Waals surface area (Å²) in [5.41, 5.74) is 1.13. The van der Waals surface area contributed by atoms with Crippen molar-refractivity contribution in [2.24, 2.45) is 11.8 Å². The molecule has 1 aliphatic heterocycles. The molecule has 138 valence electrons. The van der Waals surface area contributed by atoms with Crippen molar-refractivity contribution in [3.8, 4) is 5.88 Å². The second-order valence-corrected chi connectivity index (χ2v) is 9.09. The SMILES string of the molecule is Cc1nc2sc([C@H](c3cccc(Cl)c3)[NH+]3C[C@H](C)C[C@H](C)C3)c(O)n2n1. The van der Waals surface area contributed by atoms with Crippen molar-refractivity contribution in [2.75, 3.05) is 13.1 Å². The third kappa shape index (κ3) is 3.21. The van der Waals surface area contributed by atoms with E-state index in [4.69, 9.17) is 11.6 Å². The van der Waals surface area contributed by atoms with Crippen molar-refractivity contribution >= 4 is 27.9 Å². The van der Waals surface area contributed by atoms with Gasteiger partial charge in [-0.2, -0.15) is 4.52 Å². The molecule has 26 heavy (non-hydrogen) atoms. The van der Waals surface area contributed by atoms with Gasteiger partial charge in [0.2, 0.25) is 10.8 Å². The van der Waals surface area contributed by atoms with E-state index in [-0.39, 0.29) is 11.9 Å². The van der Waals surface area contributed by atoms with Crippen LogP contribution in [0.3, 0.4) is 0 Å². The van der Waals surface area contributed by atoms with Crippen LogP contribution in [-0.2, 0) is 0 Å². The molecule has 3 aromatic rings. The Kier molecular flexibility index (Phi) is 4.67. The molecule has 0 spiro atoms. The number of halogens is 1. The minimum atomic E-state index is 0.0349. The standard InChI is InChI=1S/C19H23ClN4OS/c1-11-7-12(2)10-23(9-11)16(14-5-4-6-15(20)8-14)17-18(25)24-19(26-17)21-13(3)22-24/h4-6,8,11-12,16,25H,7,9-10H2,1-3H3/p+1/t11-,12+,16-/m0/s1. The summed E-state index contributed by atoms with van der Waals surface area (Å²) in [7, 11) is 0. The predicted molar refractivity (Wildman–Crippen MR) is 104 cm³/mol. The molecule has 0 saturated carbocycles. The second kappa shape index (κ2) is 6.83.